The molecule has 3 heteroatoms. The summed E-state index contributed by atoms with van der Waals surface area (Å²) in [7, 11) is 0. The van der Waals surface area contributed by atoms with Gasteiger partial charge in [0.05, 0.1) is 6.61 Å². The van der Waals surface area contributed by atoms with Gasteiger partial charge in [-0.25, -0.2) is 0 Å². The Morgan fingerprint density at radius 3 is 2.45 bits per heavy atom. The van der Waals surface area contributed by atoms with E-state index in [4.69, 9.17) is 4.74 Å². The summed E-state index contributed by atoms with van der Waals surface area (Å²) in [5.41, 5.74) is 0. The third-order valence-electron chi connectivity index (χ3n) is 6.18. The predicted molar refractivity (Wildman–Crippen MR) is 80.8 cm³/mol. The normalized spacial score (nSPS) is 41.1. The highest BCUT2D eigenvalue weighted by Gasteiger charge is 2.42. The lowest BCUT2D eigenvalue weighted by atomic mass is 9.81. The Morgan fingerprint density at radius 1 is 0.900 bits per heavy atom. The van der Waals surface area contributed by atoms with E-state index in [1.54, 1.807) is 0 Å². The van der Waals surface area contributed by atoms with Crippen molar-refractivity contribution in [1.82, 2.24) is 10.2 Å². The Bertz CT molecular complexity index is 319. The largest absolute Gasteiger partial charge is 0.380 e. The molecular formula is C17H30N2O. The first-order valence-corrected chi connectivity index (χ1v) is 8.98. The van der Waals surface area contributed by atoms with Gasteiger partial charge in [-0.2, -0.15) is 0 Å². The van der Waals surface area contributed by atoms with Crippen molar-refractivity contribution >= 4 is 0 Å². The van der Waals surface area contributed by atoms with E-state index >= 15 is 0 Å². The standard InChI is InChI=1S/C17H30N2O/c1-2-4-14(5-3-1)17-10-18-16(13-6-7-13)11-19(17)15-8-9-20-12-15/h13-18H,1-12H2. The van der Waals surface area contributed by atoms with E-state index in [1.165, 1.54) is 64.5 Å². The lowest BCUT2D eigenvalue weighted by Gasteiger charge is -2.47. The quantitative estimate of drug-likeness (QED) is 0.858. The molecule has 2 saturated carbocycles. The molecule has 3 atom stereocenters. The molecule has 0 bridgehead atoms. The molecule has 4 rings (SSSR count). The maximum absolute atomic E-state index is 5.70. The van der Waals surface area contributed by atoms with Gasteiger partial charge in [0.1, 0.15) is 0 Å². The highest BCUT2D eigenvalue weighted by molar-refractivity contribution is 4.99. The number of ether oxygens (including phenoxy) is 1. The average Bonchev–Trinajstić information content (AvgIpc) is 3.22. The number of hydrogen-bond donors (Lipinski definition) is 1. The summed E-state index contributed by atoms with van der Waals surface area (Å²) in [6.45, 7) is 4.50. The first-order chi connectivity index (χ1) is 9.92. The van der Waals surface area contributed by atoms with Gasteiger partial charge in [-0.05, 0) is 43.9 Å². The highest BCUT2D eigenvalue weighted by atomic mass is 16.5. The molecule has 2 aliphatic heterocycles. The third-order valence-corrected chi connectivity index (χ3v) is 6.18. The van der Waals surface area contributed by atoms with E-state index in [-0.39, 0.29) is 0 Å². The van der Waals surface area contributed by atoms with E-state index in [2.05, 4.69) is 10.2 Å². The molecule has 4 aliphatic rings. The van der Waals surface area contributed by atoms with Crippen LogP contribution in [0.5, 0.6) is 0 Å². The molecule has 2 aliphatic carbocycles. The number of nitrogens with one attached hydrogen (secondary N) is 1. The predicted octanol–water partition coefficient (Wildman–Crippen LogP) is 2.41. The van der Waals surface area contributed by atoms with Gasteiger partial charge < -0.3 is 10.1 Å². The number of piperazine rings is 1. The number of nitrogens with zero attached hydrogens (tertiary/aromatic N) is 1. The summed E-state index contributed by atoms with van der Waals surface area (Å²) in [4.78, 5) is 2.88. The van der Waals surface area contributed by atoms with Gasteiger partial charge in [-0.15, -0.1) is 0 Å². The van der Waals surface area contributed by atoms with Crippen LogP contribution in [0.4, 0.5) is 0 Å². The summed E-state index contributed by atoms with van der Waals surface area (Å²) in [6.07, 6.45) is 11.5. The van der Waals surface area contributed by atoms with E-state index in [1.807, 2.05) is 0 Å². The molecule has 0 amide bonds. The SMILES string of the molecule is C1CCC(C2CNC(C3CC3)CN2C2CCOC2)CC1. The van der Waals surface area contributed by atoms with Crippen LogP contribution in [0.1, 0.15) is 51.4 Å². The molecule has 2 heterocycles. The molecule has 0 spiro atoms. The smallest absolute Gasteiger partial charge is 0.0622 e. The van der Waals surface area contributed by atoms with Crippen molar-refractivity contribution in [2.45, 2.75) is 69.5 Å². The van der Waals surface area contributed by atoms with Crippen molar-refractivity contribution in [3.8, 4) is 0 Å². The zero-order chi connectivity index (χ0) is 13.4. The van der Waals surface area contributed by atoms with Crippen molar-refractivity contribution in [2.75, 3.05) is 26.3 Å². The zero-order valence-electron chi connectivity index (χ0n) is 12.7. The second-order valence-corrected chi connectivity index (χ2v) is 7.53. The Kier molecular flexibility index (Phi) is 4.02. The second-order valence-electron chi connectivity index (χ2n) is 7.53. The summed E-state index contributed by atoms with van der Waals surface area (Å²) < 4.78 is 5.70. The van der Waals surface area contributed by atoms with E-state index in [9.17, 15) is 0 Å². The molecule has 2 saturated heterocycles. The summed E-state index contributed by atoms with van der Waals surface area (Å²) >= 11 is 0. The first-order valence-electron chi connectivity index (χ1n) is 8.98. The Labute approximate surface area is 123 Å². The molecule has 4 fully saturated rings. The Balaban J connectivity index is 1.46. The van der Waals surface area contributed by atoms with Gasteiger partial charge in [-0.3, -0.25) is 4.90 Å². The van der Waals surface area contributed by atoms with Crippen LogP contribution in [-0.4, -0.2) is 49.3 Å². The lowest BCUT2D eigenvalue weighted by Crippen LogP contribution is -2.62. The van der Waals surface area contributed by atoms with Gasteiger partial charge in [-0.1, -0.05) is 19.3 Å². The molecule has 0 aromatic carbocycles. The molecular weight excluding hydrogens is 248 g/mol. The molecule has 3 nitrogen and oxygen atoms in total. The van der Waals surface area contributed by atoms with Crippen LogP contribution in [0.2, 0.25) is 0 Å². The fraction of sp³-hybridized carbons (Fsp3) is 1.00. The minimum absolute atomic E-state index is 0.713. The van der Waals surface area contributed by atoms with Gasteiger partial charge in [0.15, 0.2) is 0 Å². The topological polar surface area (TPSA) is 24.5 Å². The van der Waals surface area contributed by atoms with Crippen LogP contribution in [0.3, 0.4) is 0 Å². The number of rotatable bonds is 3. The maximum atomic E-state index is 5.70. The fourth-order valence-electron chi connectivity index (χ4n) is 4.79. The van der Waals surface area contributed by atoms with Crippen LogP contribution in [0, 0.1) is 11.8 Å². The molecule has 0 aromatic heterocycles. The van der Waals surface area contributed by atoms with Crippen molar-refractivity contribution in [3.05, 3.63) is 0 Å². The number of hydrogen-bond acceptors (Lipinski definition) is 3. The summed E-state index contributed by atoms with van der Waals surface area (Å²) in [6, 6.07) is 2.28. The van der Waals surface area contributed by atoms with Crippen LogP contribution >= 0.6 is 0 Å². The fourth-order valence-corrected chi connectivity index (χ4v) is 4.79. The van der Waals surface area contributed by atoms with E-state index < -0.39 is 0 Å². The molecule has 0 aromatic rings. The van der Waals surface area contributed by atoms with Crippen LogP contribution in [0.15, 0.2) is 0 Å². The summed E-state index contributed by atoms with van der Waals surface area (Å²) in [5, 5.41) is 3.90. The molecule has 1 N–H and O–H groups in total. The van der Waals surface area contributed by atoms with Crippen molar-refractivity contribution in [3.63, 3.8) is 0 Å². The van der Waals surface area contributed by atoms with Gasteiger partial charge in [0.25, 0.3) is 0 Å². The van der Waals surface area contributed by atoms with Crippen LogP contribution in [0.25, 0.3) is 0 Å². The first kappa shape index (κ1) is 13.5. The van der Waals surface area contributed by atoms with Crippen molar-refractivity contribution in [2.24, 2.45) is 11.8 Å². The zero-order valence-corrected chi connectivity index (χ0v) is 12.7. The van der Waals surface area contributed by atoms with Crippen LogP contribution in [-0.2, 0) is 4.74 Å². The van der Waals surface area contributed by atoms with E-state index in [0.717, 1.165) is 37.1 Å². The summed E-state index contributed by atoms with van der Waals surface area (Å²) in [5.74, 6) is 1.92. The minimum Gasteiger partial charge on any atom is -0.380 e. The monoisotopic (exact) mass is 278 g/mol. The van der Waals surface area contributed by atoms with Crippen molar-refractivity contribution in [1.29, 1.82) is 0 Å². The Hall–Kier alpha value is -0.120. The third kappa shape index (κ3) is 2.77. The van der Waals surface area contributed by atoms with Gasteiger partial charge >= 0.3 is 0 Å². The minimum atomic E-state index is 0.713. The van der Waals surface area contributed by atoms with Crippen molar-refractivity contribution < 1.29 is 4.74 Å². The van der Waals surface area contributed by atoms with Gasteiger partial charge in [0, 0.05) is 37.8 Å². The van der Waals surface area contributed by atoms with Crippen LogP contribution < -0.4 is 5.32 Å². The lowest BCUT2D eigenvalue weighted by molar-refractivity contribution is 0.0264. The highest BCUT2D eigenvalue weighted by Crippen LogP contribution is 2.38. The maximum Gasteiger partial charge on any atom is 0.0622 e. The molecule has 0 radical (unpaired) electrons. The average molecular weight is 278 g/mol. The van der Waals surface area contributed by atoms with Gasteiger partial charge in [0.2, 0.25) is 0 Å². The Morgan fingerprint density at radius 2 is 1.75 bits per heavy atom. The van der Waals surface area contributed by atoms with E-state index in [0.29, 0.717) is 6.04 Å². The molecule has 114 valence electrons. The molecule has 20 heavy (non-hydrogen) atoms. The second kappa shape index (κ2) is 5.94. The molecule has 3 unspecified atom stereocenters.